The Balaban J connectivity index is 1.66. The number of rotatable bonds is 7. The topological polar surface area (TPSA) is 85.3 Å². The van der Waals surface area contributed by atoms with Crippen LogP contribution in [-0.2, 0) is 16.1 Å². The summed E-state index contributed by atoms with van der Waals surface area (Å²) in [5.74, 6) is -0.147. The molecule has 26 heavy (non-hydrogen) atoms. The Bertz CT molecular complexity index is 974. The second-order valence-corrected chi connectivity index (χ2v) is 5.90. The maximum absolute atomic E-state index is 12.2. The molecule has 3 rings (SSSR count). The monoisotopic (exact) mass is 355 g/mol. The first kappa shape index (κ1) is 17.8. The number of aromatic amines is 1. The summed E-state index contributed by atoms with van der Waals surface area (Å²) < 4.78 is 12.4. The zero-order valence-electron chi connectivity index (χ0n) is 14.7. The summed E-state index contributed by atoms with van der Waals surface area (Å²) in [6.07, 6.45) is 3.53. The van der Waals surface area contributed by atoms with Crippen molar-refractivity contribution in [3.8, 4) is 5.75 Å². The van der Waals surface area contributed by atoms with Gasteiger partial charge in [-0.1, -0.05) is 0 Å². The van der Waals surface area contributed by atoms with Crippen molar-refractivity contribution >= 4 is 22.5 Å². The lowest BCUT2D eigenvalue weighted by Gasteiger charge is -2.14. The summed E-state index contributed by atoms with van der Waals surface area (Å²) in [6, 6.07) is 8.92. The van der Waals surface area contributed by atoms with E-state index in [-0.39, 0.29) is 23.7 Å². The molecule has 1 aromatic carbocycles. The third kappa shape index (κ3) is 3.94. The molecule has 0 aliphatic carbocycles. The molecular formula is C19H21N3O4. The van der Waals surface area contributed by atoms with E-state index >= 15 is 0 Å². The summed E-state index contributed by atoms with van der Waals surface area (Å²) in [5.41, 5.74) is 2.08. The van der Waals surface area contributed by atoms with Gasteiger partial charge in [-0.3, -0.25) is 9.59 Å². The number of nitrogens with one attached hydrogen (secondary N) is 2. The maximum Gasteiger partial charge on any atom is 0.262 e. The maximum atomic E-state index is 12.2. The van der Waals surface area contributed by atoms with Crippen molar-refractivity contribution in [2.24, 2.45) is 0 Å². The van der Waals surface area contributed by atoms with Crippen LogP contribution in [0.25, 0.3) is 10.9 Å². The fraction of sp³-hybridized carbons (Fsp3) is 0.263. The van der Waals surface area contributed by atoms with Crippen LogP contribution in [0.5, 0.6) is 5.75 Å². The van der Waals surface area contributed by atoms with E-state index in [0.717, 1.165) is 10.9 Å². The van der Waals surface area contributed by atoms with E-state index in [1.165, 1.54) is 6.07 Å². The lowest BCUT2D eigenvalue weighted by molar-refractivity contribution is -0.118. The highest BCUT2D eigenvalue weighted by molar-refractivity contribution is 5.94. The zero-order valence-corrected chi connectivity index (χ0v) is 14.7. The van der Waals surface area contributed by atoms with Crippen molar-refractivity contribution < 1.29 is 14.3 Å². The van der Waals surface area contributed by atoms with Crippen LogP contribution in [0.2, 0.25) is 0 Å². The minimum atomic E-state index is -0.328. The van der Waals surface area contributed by atoms with Crippen molar-refractivity contribution in [1.29, 1.82) is 0 Å². The van der Waals surface area contributed by atoms with E-state index in [1.807, 2.05) is 35.0 Å². The van der Waals surface area contributed by atoms with Crippen LogP contribution in [0.15, 0.2) is 47.5 Å². The lowest BCUT2D eigenvalue weighted by atomic mass is 10.2. The smallest absolute Gasteiger partial charge is 0.262 e. The number of nitrogens with zero attached hydrogens (tertiary/aromatic N) is 1. The van der Waals surface area contributed by atoms with Gasteiger partial charge in [0.1, 0.15) is 0 Å². The molecule has 0 bridgehead atoms. The molecule has 1 amide bonds. The second-order valence-electron chi connectivity index (χ2n) is 5.90. The van der Waals surface area contributed by atoms with Crippen molar-refractivity contribution in [1.82, 2.24) is 9.55 Å². The number of benzene rings is 1. The SMILES string of the molecule is COCCn1ccc(=O)c(OCC(=O)Nc2ccc3[nH]ccc3c2)c1C. The standard InChI is InChI=1S/C19H21N3O4/c1-13-19(17(23)6-8-22(13)9-10-25-2)26-12-18(24)21-15-3-4-16-14(11-15)5-7-20-16/h3-8,11,20H,9-10,12H2,1-2H3,(H,21,24). The number of anilines is 1. The highest BCUT2D eigenvalue weighted by Gasteiger charge is 2.11. The number of carbonyl (C=O) groups is 1. The molecule has 0 saturated carbocycles. The Hall–Kier alpha value is -3.06. The number of methoxy groups -OCH3 is 1. The van der Waals surface area contributed by atoms with Crippen LogP contribution in [-0.4, -0.2) is 35.8 Å². The lowest BCUT2D eigenvalue weighted by Crippen LogP contribution is -2.24. The van der Waals surface area contributed by atoms with Crippen LogP contribution < -0.4 is 15.5 Å². The average molecular weight is 355 g/mol. The predicted molar refractivity (Wildman–Crippen MR) is 99.7 cm³/mol. The molecular weight excluding hydrogens is 334 g/mol. The van der Waals surface area contributed by atoms with Crippen LogP contribution in [0, 0.1) is 6.92 Å². The molecule has 0 atom stereocenters. The van der Waals surface area contributed by atoms with E-state index in [0.29, 0.717) is 24.5 Å². The Labute approximate surface area is 150 Å². The Kier molecular flexibility index (Phi) is 5.38. The first-order valence-electron chi connectivity index (χ1n) is 8.27. The van der Waals surface area contributed by atoms with Gasteiger partial charge in [0.15, 0.2) is 12.4 Å². The van der Waals surface area contributed by atoms with Crippen molar-refractivity contribution in [2.45, 2.75) is 13.5 Å². The van der Waals surface area contributed by atoms with Gasteiger partial charge in [-0.05, 0) is 31.2 Å². The molecule has 0 radical (unpaired) electrons. The van der Waals surface area contributed by atoms with Gasteiger partial charge in [0.25, 0.3) is 5.91 Å². The molecule has 2 heterocycles. The summed E-state index contributed by atoms with van der Waals surface area (Å²) in [4.78, 5) is 27.3. The largest absolute Gasteiger partial charge is 0.478 e. The number of pyridine rings is 1. The van der Waals surface area contributed by atoms with Crippen molar-refractivity contribution in [2.75, 3.05) is 25.6 Å². The van der Waals surface area contributed by atoms with Crippen LogP contribution in [0.3, 0.4) is 0 Å². The molecule has 7 heteroatoms. The quantitative estimate of drug-likeness (QED) is 0.681. The summed E-state index contributed by atoms with van der Waals surface area (Å²) >= 11 is 0. The van der Waals surface area contributed by atoms with Gasteiger partial charge in [-0.15, -0.1) is 0 Å². The molecule has 136 valence electrons. The second kappa shape index (κ2) is 7.88. The number of fused-ring (bicyclic) bond motifs is 1. The molecule has 0 unspecified atom stereocenters. The van der Waals surface area contributed by atoms with E-state index < -0.39 is 0 Å². The van der Waals surface area contributed by atoms with Crippen molar-refractivity contribution in [3.63, 3.8) is 0 Å². The summed E-state index contributed by atoms with van der Waals surface area (Å²) in [6.45, 7) is 2.66. The normalized spacial score (nSPS) is 10.8. The molecule has 7 nitrogen and oxygen atoms in total. The Morgan fingerprint density at radius 3 is 2.92 bits per heavy atom. The van der Waals surface area contributed by atoms with Gasteiger partial charge in [-0.25, -0.2) is 0 Å². The van der Waals surface area contributed by atoms with E-state index in [2.05, 4.69) is 10.3 Å². The van der Waals surface area contributed by atoms with Gasteiger partial charge in [-0.2, -0.15) is 0 Å². The van der Waals surface area contributed by atoms with E-state index in [9.17, 15) is 9.59 Å². The summed E-state index contributed by atoms with van der Waals surface area (Å²) in [7, 11) is 1.62. The Morgan fingerprint density at radius 1 is 1.27 bits per heavy atom. The molecule has 3 aromatic rings. The number of H-pyrrole nitrogens is 1. The molecule has 2 N–H and O–H groups in total. The Morgan fingerprint density at radius 2 is 2.12 bits per heavy atom. The molecule has 0 fully saturated rings. The third-order valence-corrected chi connectivity index (χ3v) is 4.11. The highest BCUT2D eigenvalue weighted by atomic mass is 16.5. The molecule has 0 saturated heterocycles. The van der Waals surface area contributed by atoms with Crippen molar-refractivity contribution in [3.05, 3.63) is 58.6 Å². The fourth-order valence-corrected chi connectivity index (χ4v) is 2.73. The third-order valence-electron chi connectivity index (χ3n) is 4.11. The van der Waals surface area contributed by atoms with Crippen LogP contribution in [0.4, 0.5) is 5.69 Å². The minimum absolute atomic E-state index is 0.180. The average Bonchev–Trinajstić information content (AvgIpc) is 3.08. The first-order chi connectivity index (χ1) is 12.6. The minimum Gasteiger partial charge on any atom is -0.478 e. The molecule has 0 aliphatic heterocycles. The van der Waals surface area contributed by atoms with Gasteiger partial charge >= 0.3 is 0 Å². The molecule has 0 aliphatic rings. The number of amides is 1. The number of hydrogen-bond acceptors (Lipinski definition) is 4. The zero-order chi connectivity index (χ0) is 18.5. The van der Waals surface area contributed by atoms with Gasteiger partial charge in [0.05, 0.1) is 12.3 Å². The van der Waals surface area contributed by atoms with Gasteiger partial charge in [0.2, 0.25) is 5.43 Å². The van der Waals surface area contributed by atoms with E-state index in [4.69, 9.17) is 9.47 Å². The fourth-order valence-electron chi connectivity index (χ4n) is 2.73. The molecule has 0 spiro atoms. The first-order valence-corrected chi connectivity index (χ1v) is 8.27. The number of carbonyl (C=O) groups excluding carboxylic acids is 1. The number of hydrogen-bond donors (Lipinski definition) is 2. The molecule has 2 aromatic heterocycles. The van der Waals surface area contributed by atoms with E-state index in [1.54, 1.807) is 20.2 Å². The van der Waals surface area contributed by atoms with Gasteiger partial charge < -0.3 is 24.3 Å². The van der Waals surface area contributed by atoms with Gasteiger partial charge in [0, 0.05) is 48.7 Å². The predicted octanol–water partition coefficient (Wildman–Crippen LogP) is 2.30. The van der Waals surface area contributed by atoms with Crippen LogP contribution in [0.1, 0.15) is 5.69 Å². The highest BCUT2D eigenvalue weighted by Crippen LogP contribution is 2.18. The van der Waals surface area contributed by atoms with Crippen LogP contribution >= 0.6 is 0 Å². The summed E-state index contributed by atoms with van der Waals surface area (Å²) in [5, 5.41) is 3.78. The number of aromatic nitrogens is 2. The number of ether oxygens (including phenoxy) is 2.